The van der Waals surface area contributed by atoms with E-state index in [2.05, 4.69) is 9.88 Å². The number of nitro groups is 1. The van der Waals surface area contributed by atoms with Crippen molar-refractivity contribution in [2.75, 3.05) is 32.8 Å². The molecule has 3 heterocycles. The van der Waals surface area contributed by atoms with Crippen molar-refractivity contribution in [3.05, 3.63) is 22.5 Å². The van der Waals surface area contributed by atoms with E-state index in [0.29, 0.717) is 12.5 Å². The first kappa shape index (κ1) is 24.7. The zero-order valence-electron chi connectivity index (χ0n) is 17.7. The highest BCUT2D eigenvalue weighted by Crippen LogP contribution is 2.40. The largest absolute Gasteiger partial charge is 0.434 e. The topological polar surface area (TPSA) is 67.4 Å². The Morgan fingerprint density at radius 1 is 1.23 bits per heavy atom. The Balaban J connectivity index is 1.47. The lowest BCUT2D eigenvalue weighted by molar-refractivity contribution is -0.396. The number of hydrogen-bond donors (Lipinski definition) is 0. The second kappa shape index (κ2) is 10.8. The lowest BCUT2D eigenvalue weighted by Gasteiger charge is -2.36. The zero-order chi connectivity index (χ0) is 22.7. The summed E-state index contributed by atoms with van der Waals surface area (Å²) in [5, 5.41) is 10.9. The van der Waals surface area contributed by atoms with Crippen molar-refractivity contribution >= 4 is 76.8 Å². The van der Waals surface area contributed by atoms with Crippen LogP contribution in [0.2, 0.25) is 12.1 Å². The monoisotopic (exact) mass is 406 g/mol. The minimum absolute atomic E-state index is 0.0924. The predicted octanol–water partition coefficient (Wildman–Crippen LogP) is -2.41. The molecular formula is C13H20B10FN5O2. The highest BCUT2D eigenvalue weighted by atomic mass is 18.2. The van der Waals surface area contributed by atoms with Crippen LogP contribution in [0.5, 0.6) is 0 Å². The number of aromatic nitrogens is 2. The molecule has 10 radical (unpaired) electrons. The van der Waals surface area contributed by atoms with Crippen LogP contribution in [0.25, 0.3) is 0 Å². The van der Waals surface area contributed by atoms with Crippen LogP contribution >= 0.6 is 0 Å². The van der Waals surface area contributed by atoms with Gasteiger partial charge in [-0.15, -0.1) is 0 Å². The summed E-state index contributed by atoms with van der Waals surface area (Å²) in [5.74, 6) is 0.0740. The summed E-state index contributed by atoms with van der Waals surface area (Å²) in [4.78, 5) is 18.3. The number of nitrogens with zero attached hydrogens (tertiary/aromatic N) is 5. The summed E-state index contributed by atoms with van der Waals surface area (Å²) in [5.41, 5.74) is 0. The molecule has 2 aliphatic rings. The molecule has 0 bridgehead atoms. The van der Waals surface area contributed by atoms with E-state index in [-0.39, 0.29) is 32.0 Å². The first-order valence-electron chi connectivity index (χ1n) is 10.7. The molecule has 0 N–H and O–H groups in total. The van der Waals surface area contributed by atoms with Gasteiger partial charge in [0.15, 0.2) is 0 Å². The van der Waals surface area contributed by atoms with Crippen molar-refractivity contribution in [3.8, 4) is 0 Å². The summed E-state index contributed by atoms with van der Waals surface area (Å²) >= 11 is 0. The minimum atomic E-state index is -1.23. The second-order valence-electron chi connectivity index (χ2n) is 8.85. The fourth-order valence-corrected chi connectivity index (χ4v) is 4.78. The normalized spacial score (nSPS) is 20.3. The molecular weight excluding hydrogens is 384 g/mol. The Hall–Kier alpha value is -0.891. The molecule has 0 aromatic carbocycles. The summed E-state index contributed by atoms with van der Waals surface area (Å²) in [6, 6.07) is 0. The van der Waals surface area contributed by atoms with Gasteiger partial charge in [-0.3, -0.25) is 9.80 Å². The van der Waals surface area contributed by atoms with Gasteiger partial charge in [0.1, 0.15) is 25.1 Å². The molecule has 2 aliphatic heterocycles. The van der Waals surface area contributed by atoms with E-state index in [1.165, 1.54) is 17.0 Å². The Labute approximate surface area is 192 Å². The van der Waals surface area contributed by atoms with E-state index >= 15 is 0 Å². The SMILES string of the molecule is [B]B([B])B([B])B(B([B])[B])B1CC1CN1CCCN(CC([18F])Cn2ccnc2[N+](=O)[O-])C1. The number of alkyl halides is 1. The van der Waals surface area contributed by atoms with Crippen molar-refractivity contribution < 1.29 is 9.31 Å². The average Bonchev–Trinajstić information content (AvgIpc) is 3.24. The van der Waals surface area contributed by atoms with Gasteiger partial charge >= 0.3 is 5.95 Å². The van der Waals surface area contributed by atoms with Gasteiger partial charge in [-0.2, -0.15) is 0 Å². The highest BCUT2D eigenvalue weighted by Gasteiger charge is 2.50. The van der Waals surface area contributed by atoms with Crippen LogP contribution in [0, 0.1) is 10.1 Å². The van der Waals surface area contributed by atoms with Gasteiger partial charge in [-0.1, -0.05) is 17.1 Å². The highest BCUT2D eigenvalue weighted by molar-refractivity contribution is 8.01. The Morgan fingerprint density at radius 2 is 1.94 bits per heavy atom. The molecule has 1 aromatic heterocycles. The second-order valence-corrected chi connectivity index (χ2v) is 8.85. The number of rotatable bonds is 11. The fourth-order valence-electron chi connectivity index (χ4n) is 4.78. The fraction of sp³-hybridized carbons (Fsp3) is 0.769. The van der Waals surface area contributed by atoms with Gasteiger partial charge < -0.3 is 10.1 Å². The molecule has 2 atom stereocenters. The summed E-state index contributed by atoms with van der Waals surface area (Å²) in [6.45, 7) is 3.65. The first-order chi connectivity index (χ1) is 14.7. The van der Waals surface area contributed by atoms with Gasteiger partial charge in [-0.05, 0) is 17.9 Å². The maximum atomic E-state index is 14.6. The summed E-state index contributed by atoms with van der Waals surface area (Å²) in [6.07, 6.45) is 1.59. The molecule has 0 aliphatic carbocycles. The van der Waals surface area contributed by atoms with Gasteiger partial charge in [0.25, 0.3) is 0 Å². The molecule has 2 saturated heterocycles. The van der Waals surface area contributed by atoms with Gasteiger partial charge in [0.2, 0.25) is 0 Å². The number of hydrogen-bond acceptors (Lipinski definition) is 5. The van der Waals surface area contributed by atoms with Crippen LogP contribution in [0.1, 0.15) is 6.42 Å². The van der Waals surface area contributed by atoms with Gasteiger partial charge in [0, 0.05) is 83.9 Å². The predicted molar refractivity (Wildman–Crippen MR) is 133 cm³/mol. The number of halogens is 1. The minimum Gasteiger partial charge on any atom is -0.390 e. The smallest absolute Gasteiger partial charge is 0.390 e. The Kier molecular flexibility index (Phi) is 8.64. The van der Waals surface area contributed by atoms with Crippen molar-refractivity contribution in [2.45, 2.75) is 31.3 Å². The van der Waals surface area contributed by atoms with Crippen molar-refractivity contribution in [3.63, 3.8) is 0 Å². The van der Waals surface area contributed by atoms with Crippen LogP contribution in [-0.4, -0.2) is 134 Å². The quantitative estimate of drug-likeness (QED) is 0.234. The molecule has 0 spiro atoms. The third-order valence-electron chi connectivity index (χ3n) is 6.35. The Bertz CT molecular complexity index is 747. The third-order valence-corrected chi connectivity index (χ3v) is 6.35. The molecule has 1 aromatic rings. The first-order valence-corrected chi connectivity index (χ1v) is 10.7. The summed E-state index contributed by atoms with van der Waals surface area (Å²) in [7, 11) is 29.5. The molecule has 146 valence electrons. The van der Waals surface area contributed by atoms with Crippen LogP contribution in [0.15, 0.2) is 12.4 Å². The standard InChI is InChI=1S/C13H20B10FN5O2/c14-20(15)22(18)23(21(16)17)19-6-11(19)7-26-3-1-4-27(10-26)8-12(24)9-28-5-2-25-13(28)29(30)31/h2,5,11-12H,1,3-4,6-10H2/i24-1. The molecule has 18 heteroatoms. The Morgan fingerprint density at radius 3 is 2.58 bits per heavy atom. The van der Waals surface area contributed by atoms with E-state index in [1.807, 2.05) is 4.90 Å². The van der Waals surface area contributed by atoms with Crippen LogP contribution in [0.4, 0.5) is 10.3 Å². The zero-order valence-corrected chi connectivity index (χ0v) is 17.7. The lowest BCUT2D eigenvalue weighted by Crippen LogP contribution is -2.63. The van der Waals surface area contributed by atoms with E-state index in [1.54, 1.807) is 0 Å². The molecule has 3 rings (SSSR count). The van der Waals surface area contributed by atoms with E-state index in [0.717, 1.165) is 32.4 Å². The van der Waals surface area contributed by atoms with Crippen LogP contribution < -0.4 is 0 Å². The van der Waals surface area contributed by atoms with Crippen molar-refractivity contribution in [2.24, 2.45) is 0 Å². The maximum absolute atomic E-state index is 14.6. The van der Waals surface area contributed by atoms with E-state index < -0.39 is 30.3 Å². The van der Waals surface area contributed by atoms with Crippen LogP contribution in [-0.2, 0) is 6.54 Å². The van der Waals surface area contributed by atoms with Crippen molar-refractivity contribution in [1.82, 2.24) is 19.4 Å². The molecule has 0 saturated carbocycles. The molecule has 2 fully saturated rings. The third kappa shape index (κ3) is 6.56. The van der Waals surface area contributed by atoms with Gasteiger partial charge in [0.05, 0.1) is 13.3 Å². The number of imidazole rings is 1. The van der Waals surface area contributed by atoms with Gasteiger partial charge in [-0.25, -0.2) is 8.96 Å². The summed E-state index contributed by atoms with van der Waals surface area (Å²) < 4.78 is 15.9. The van der Waals surface area contributed by atoms with E-state index in [4.69, 9.17) is 38.7 Å². The molecule has 0 amide bonds. The van der Waals surface area contributed by atoms with Crippen LogP contribution in [0.3, 0.4) is 0 Å². The lowest BCUT2D eigenvalue weighted by atomic mass is 8.57. The maximum Gasteiger partial charge on any atom is 0.434 e. The molecule has 7 nitrogen and oxygen atoms in total. The molecule has 31 heavy (non-hydrogen) atoms. The molecule has 2 unspecified atom stereocenters. The van der Waals surface area contributed by atoms with Crippen molar-refractivity contribution in [1.29, 1.82) is 0 Å². The average molecular weight is 404 g/mol. The van der Waals surface area contributed by atoms with E-state index in [9.17, 15) is 14.5 Å².